The molecule has 96 valence electrons. The Morgan fingerprint density at radius 3 is 2.47 bits per heavy atom. The number of ether oxygens (including phenoxy) is 1. The number of rotatable bonds is 5. The predicted molar refractivity (Wildman–Crippen MR) is 70.6 cm³/mol. The van der Waals surface area contributed by atoms with E-state index in [1.165, 1.54) is 11.1 Å². The van der Waals surface area contributed by atoms with Crippen LogP contribution in [0.1, 0.15) is 36.0 Å². The second-order valence-corrected chi connectivity index (χ2v) is 4.70. The van der Waals surface area contributed by atoms with Gasteiger partial charge in [0.15, 0.2) is 0 Å². The molecular formula is C14H23NO2. The van der Waals surface area contributed by atoms with Gasteiger partial charge in [0.2, 0.25) is 0 Å². The van der Waals surface area contributed by atoms with Crippen LogP contribution in [0.4, 0.5) is 0 Å². The van der Waals surface area contributed by atoms with E-state index in [0.29, 0.717) is 18.9 Å². The zero-order valence-corrected chi connectivity index (χ0v) is 11.2. The van der Waals surface area contributed by atoms with Crippen LogP contribution in [0.3, 0.4) is 0 Å². The van der Waals surface area contributed by atoms with Gasteiger partial charge in [-0.3, -0.25) is 0 Å². The Morgan fingerprint density at radius 1 is 1.29 bits per heavy atom. The lowest BCUT2D eigenvalue weighted by Crippen LogP contribution is -2.21. The first-order chi connectivity index (χ1) is 7.99. The Kier molecular flexibility index (Phi) is 4.97. The minimum absolute atomic E-state index is 0.304. The minimum Gasteiger partial charge on any atom is -0.496 e. The van der Waals surface area contributed by atoms with Crippen molar-refractivity contribution in [2.75, 3.05) is 13.7 Å². The summed E-state index contributed by atoms with van der Waals surface area (Å²) in [6.07, 6.45) is 0.273. The molecule has 2 atom stereocenters. The quantitative estimate of drug-likeness (QED) is 0.824. The summed E-state index contributed by atoms with van der Waals surface area (Å²) >= 11 is 0. The SMILES string of the molecule is COc1cc(C)c(C(C)CC(O)CN)cc1C. The lowest BCUT2D eigenvalue weighted by Gasteiger charge is -2.19. The molecule has 17 heavy (non-hydrogen) atoms. The molecule has 0 bridgehead atoms. The second kappa shape index (κ2) is 6.03. The molecular weight excluding hydrogens is 214 g/mol. The minimum atomic E-state index is -0.424. The summed E-state index contributed by atoms with van der Waals surface area (Å²) in [5.74, 6) is 1.22. The van der Waals surface area contributed by atoms with E-state index in [1.54, 1.807) is 7.11 Å². The average Bonchev–Trinajstić information content (AvgIpc) is 2.31. The highest BCUT2D eigenvalue weighted by Gasteiger charge is 2.14. The Balaban J connectivity index is 2.94. The van der Waals surface area contributed by atoms with Crippen molar-refractivity contribution in [2.24, 2.45) is 5.73 Å². The molecule has 1 rings (SSSR count). The van der Waals surface area contributed by atoms with Crippen molar-refractivity contribution in [3.05, 3.63) is 28.8 Å². The first kappa shape index (κ1) is 14.0. The van der Waals surface area contributed by atoms with Crippen molar-refractivity contribution in [2.45, 2.75) is 39.2 Å². The largest absolute Gasteiger partial charge is 0.496 e. The molecule has 0 aliphatic rings. The number of aryl methyl sites for hydroxylation is 2. The second-order valence-electron chi connectivity index (χ2n) is 4.70. The van der Waals surface area contributed by atoms with Crippen molar-refractivity contribution in [3.8, 4) is 5.75 Å². The van der Waals surface area contributed by atoms with Crippen LogP contribution in [0.15, 0.2) is 12.1 Å². The van der Waals surface area contributed by atoms with Crippen LogP contribution >= 0.6 is 0 Å². The van der Waals surface area contributed by atoms with Gasteiger partial charge in [-0.15, -0.1) is 0 Å². The van der Waals surface area contributed by atoms with Crippen LogP contribution in [0.5, 0.6) is 5.75 Å². The van der Waals surface area contributed by atoms with Gasteiger partial charge in [-0.2, -0.15) is 0 Å². The summed E-state index contributed by atoms with van der Waals surface area (Å²) in [5, 5.41) is 9.60. The molecule has 0 heterocycles. The van der Waals surface area contributed by atoms with Gasteiger partial charge in [0.05, 0.1) is 13.2 Å². The molecule has 0 aliphatic carbocycles. The zero-order chi connectivity index (χ0) is 13.0. The van der Waals surface area contributed by atoms with Crippen molar-refractivity contribution in [3.63, 3.8) is 0 Å². The van der Waals surface area contributed by atoms with Gasteiger partial charge in [-0.25, -0.2) is 0 Å². The van der Waals surface area contributed by atoms with Gasteiger partial charge in [0.1, 0.15) is 5.75 Å². The van der Waals surface area contributed by atoms with E-state index in [9.17, 15) is 5.11 Å². The highest BCUT2D eigenvalue weighted by Crippen LogP contribution is 2.29. The number of hydrogen-bond donors (Lipinski definition) is 2. The first-order valence-corrected chi connectivity index (χ1v) is 6.02. The molecule has 0 amide bonds. The molecule has 0 spiro atoms. The third-order valence-electron chi connectivity index (χ3n) is 3.21. The molecule has 0 aromatic heterocycles. The van der Waals surface area contributed by atoms with Crippen LogP contribution in [0.25, 0.3) is 0 Å². The third kappa shape index (κ3) is 3.45. The summed E-state index contributed by atoms with van der Waals surface area (Å²) in [7, 11) is 1.68. The van der Waals surface area contributed by atoms with E-state index in [1.807, 2.05) is 6.92 Å². The van der Waals surface area contributed by atoms with Crippen LogP contribution in [-0.2, 0) is 0 Å². The van der Waals surface area contributed by atoms with E-state index >= 15 is 0 Å². The first-order valence-electron chi connectivity index (χ1n) is 6.02. The normalized spacial score (nSPS) is 14.5. The van der Waals surface area contributed by atoms with Gasteiger partial charge >= 0.3 is 0 Å². The number of aliphatic hydroxyl groups is 1. The lowest BCUT2D eigenvalue weighted by molar-refractivity contribution is 0.165. The molecule has 2 unspecified atom stereocenters. The Bertz CT molecular complexity index is 377. The molecule has 0 radical (unpaired) electrons. The average molecular weight is 237 g/mol. The summed E-state index contributed by atoms with van der Waals surface area (Å²) in [6.45, 7) is 6.54. The molecule has 3 nitrogen and oxygen atoms in total. The van der Waals surface area contributed by atoms with E-state index in [0.717, 1.165) is 11.3 Å². The standard InChI is InChI=1S/C14H23NO2/c1-9(5-12(16)8-15)13-6-11(3)14(17-4)7-10(13)2/h6-7,9,12,16H,5,8,15H2,1-4H3. The van der Waals surface area contributed by atoms with Crippen molar-refractivity contribution < 1.29 is 9.84 Å². The molecule has 0 saturated carbocycles. The summed E-state index contributed by atoms with van der Waals surface area (Å²) in [4.78, 5) is 0. The van der Waals surface area contributed by atoms with Gasteiger partial charge in [-0.05, 0) is 48.9 Å². The molecule has 0 fully saturated rings. The maximum atomic E-state index is 9.60. The Labute approximate surface area is 104 Å². The number of aliphatic hydroxyl groups excluding tert-OH is 1. The van der Waals surface area contributed by atoms with Crippen LogP contribution in [0, 0.1) is 13.8 Å². The fraction of sp³-hybridized carbons (Fsp3) is 0.571. The van der Waals surface area contributed by atoms with E-state index < -0.39 is 6.10 Å². The number of methoxy groups -OCH3 is 1. The van der Waals surface area contributed by atoms with Gasteiger partial charge in [-0.1, -0.05) is 13.0 Å². The van der Waals surface area contributed by atoms with E-state index in [2.05, 4.69) is 26.0 Å². The van der Waals surface area contributed by atoms with Crippen molar-refractivity contribution in [1.29, 1.82) is 0 Å². The van der Waals surface area contributed by atoms with Crippen molar-refractivity contribution in [1.82, 2.24) is 0 Å². The van der Waals surface area contributed by atoms with Crippen LogP contribution in [0.2, 0.25) is 0 Å². The smallest absolute Gasteiger partial charge is 0.122 e. The molecule has 3 heteroatoms. The molecule has 1 aromatic rings. The fourth-order valence-electron chi connectivity index (χ4n) is 2.19. The molecule has 0 saturated heterocycles. The molecule has 3 N–H and O–H groups in total. The molecule has 1 aromatic carbocycles. The monoisotopic (exact) mass is 237 g/mol. The highest BCUT2D eigenvalue weighted by molar-refractivity contribution is 5.42. The maximum absolute atomic E-state index is 9.60. The summed E-state index contributed by atoms with van der Waals surface area (Å²) < 4.78 is 5.29. The Hall–Kier alpha value is -1.06. The lowest BCUT2D eigenvalue weighted by atomic mass is 9.90. The van der Waals surface area contributed by atoms with Gasteiger partial charge in [0, 0.05) is 6.54 Å². The number of nitrogens with two attached hydrogens (primary N) is 1. The van der Waals surface area contributed by atoms with Gasteiger partial charge < -0.3 is 15.6 Å². The highest BCUT2D eigenvalue weighted by atomic mass is 16.5. The van der Waals surface area contributed by atoms with Gasteiger partial charge in [0.25, 0.3) is 0 Å². The topological polar surface area (TPSA) is 55.5 Å². The fourth-order valence-corrected chi connectivity index (χ4v) is 2.19. The maximum Gasteiger partial charge on any atom is 0.122 e. The van der Waals surface area contributed by atoms with E-state index in [4.69, 9.17) is 10.5 Å². The number of hydrogen-bond acceptors (Lipinski definition) is 3. The Morgan fingerprint density at radius 2 is 1.94 bits per heavy atom. The predicted octanol–water partition coefficient (Wildman–Crippen LogP) is 2.13. The van der Waals surface area contributed by atoms with Crippen molar-refractivity contribution >= 4 is 0 Å². The van der Waals surface area contributed by atoms with E-state index in [-0.39, 0.29) is 0 Å². The number of benzene rings is 1. The third-order valence-corrected chi connectivity index (χ3v) is 3.21. The van der Waals surface area contributed by atoms with Crippen LogP contribution < -0.4 is 10.5 Å². The van der Waals surface area contributed by atoms with Crippen LogP contribution in [-0.4, -0.2) is 24.9 Å². The summed E-state index contributed by atoms with van der Waals surface area (Å²) in [6, 6.07) is 4.19. The molecule has 0 aliphatic heterocycles. The summed E-state index contributed by atoms with van der Waals surface area (Å²) in [5.41, 5.74) is 9.03. The zero-order valence-electron chi connectivity index (χ0n) is 11.2.